The van der Waals surface area contributed by atoms with Crippen LogP contribution in [0.4, 0.5) is 0 Å². The fraction of sp³-hybridized carbons (Fsp3) is 0.111. The van der Waals surface area contributed by atoms with Crippen LogP contribution in [0.15, 0.2) is 91.0 Å². The summed E-state index contributed by atoms with van der Waals surface area (Å²) in [7, 11) is 0. The monoisotopic (exact) mass is 360 g/mol. The molecule has 0 bridgehead atoms. The lowest BCUT2D eigenvalue weighted by molar-refractivity contribution is 0.435. The van der Waals surface area contributed by atoms with E-state index in [1.54, 1.807) is 0 Å². The minimum Gasteiger partial charge on any atom is -0.457 e. The third-order valence-corrected chi connectivity index (χ3v) is 6.32. The first-order chi connectivity index (χ1) is 13.8. The number of aryl methyl sites for hydroxylation is 1. The SMILES string of the molecule is CCc1ccc2c(c1)Oc1ccccc1C21c2ccccc2-c2ccccc21. The Bertz CT molecular complexity index is 1190. The Morgan fingerprint density at radius 3 is 1.86 bits per heavy atom. The van der Waals surface area contributed by atoms with Crippen molar-refractivity contribution in [2.24, 2.45) is 0 Å². The molecule has 6 rings (SSSR count). The van der Waals surface area contributed by atoms with Crippen LogP contribution in [0.3, 0.4) is 0 Å². The fourth-order valence-electron chi connectivity index (χ4n) is 5.13. The van der Waals surface area contributed by atoms with Crippen LogP contribution in [0, 0.1) is 0 Å². The van der Waals surface area contributed by atoms with E-state index in [0.717, 1.165) is 17.9 Å². The topological polar surface area (TPSA) is 9.23 Å². The maximum absolute atomic E-state index is 6.44. The summed E-state index contributed by atoms with van der Waals surface area (Å²) in [4.78, 5) is 0. The van der Waals surface area contributed by atoms with Crippen molar-refractivity contribution < 1.29 is 4.74 Å². The summed E-state index contributed by atoms with van der Waals surface area (Å²) >= 11 is 0. The molecule has 0 amide bonds. The molecule has 0 saturated carbocycles. The molecular weight excluding hydrogens is 340 g/mol. The largest absolute Gasteiger partial charge is 0.457 e. The second-order valence-electron chi connectivity index (χ2n) is 7.62. The van der Waals surface area contributed by atoms with Crippen LogP contribution in [0.25, 0.3) is 11.1 Å². The summed E-state index contributed by atoms with van der Waals surface area (Å²) in [5.41, 5.74) is 8.76. The highest BCUT2D eigenvalue weighted by molar-refractivity contribution is 5.88. The van der Waals surface area contributed by atoms with Gasteiger partial charge in [0, 0.05) is 11.1 Å². The quantitative estimate of drug-likeness (QED) is 0.316. The lowest BCUT2D eigenvalue weighted by Gasteiger charge is -2.39. The van der Waals surface area contributed by atoms with Gasteiger partial charge in [-0.05, 0) is 46.4 Å². The third kappa shape index (κ3) is 1.81. The number of para-hydroxylation sites is 1. The number of ether oxygens (including phenoxy) is 1. The Balaban J connectivity index is 1.82. The molecule has 1 heteroatoms. The Morgan fingerprint density at radius 1 is 0.607 bits per heavy atom. The van der Waals surface area contributed by atoms with Crippen LogP contribution < -0.4 is 4.74 Å². The van der Waals surface area contributed by atoms with Crippen molar-refractivity contribution in [3.8, 4) is 22.6 Å². The van der Waals surface area contributed by atoms with Crippen LogP contribution in [-0.4, -0.2) is 0 Å². The smallest absolute Gasteiger partial charge is 0.132 e. The molecule has 1 aliphatic carbocycles. The van der Waals surface area contributed by atoms with Gasteiger partial charge in [-0.3, -0.25) is 0 Å². The summed E-state index contributed by atoms with van der Waals surface area (Å²) in [6.07, 6.45) is 0.998. The molecule has 134 valence electrons. The van der Waals surface area contributed by atoms with Crippen molar-refractivity contribution in [3.63, 3.8) is 0 Å². The molecule has 2 aliphatic rings. The summed E-state index contributed by atoms with van der Waals surface area (Å²) in [6.45, 7) is 2.19. The van der Waals surface area contributed by atoms with E-state index in [1.165, 1.54) is 38.9 Å². The molecular formula is C27H20O. The van der Waals surface area contributed by atoms with Crippen LogP contribution in [0.2, 0.25) is 0 Å². The maximum atomic E-state index is 6.44. The zero-order valence-electron chi connectivity index (χ0n) is 15.8. The molecule has 0 unspecified atom stereocenters. The molecule has 0 N–H and O–H groups in total. The molecule has 0 atom stereocenters. The van der Waals surface area contributed by atoms with Gasteiger partial charge in [0.05, 0.1) is 5.41 Å². The molecule has 1 heterocycles. The van der Waals surface area contributed by atoms with Crippen molar-refractivity contribution in [3.05, 3.63) is 119 Å². The van der Waals surface area contributed by atoms with Crippen molar-refractivity contribution in [1.82, 2.24) is 0 Å². The second-order valence-corrected chi connectivity index (χ2v) is 7.62. The average molecular weight is 360 g/mol. The van der Waals surface area contributed by atoms with Gasteiger partial charge in [0.25, 0.3) is 0 Å². The molecule has 1 aliphatic heterocycles. The first kappa shape index (κ1) is 15.7. The highest BCUT2D eigenvalue weighted by Crippen LogP contribution is 2.61. The van der Waals surface area contributed by atoms with Crippen LogP contribution in [-0.2, 0) is 11.8 Å². The Morgan fingerprint density at radius 2 is 1.18 bits per heavy atom. The number of benzene rings is 4. The van der Waals surface area contributed by atoms with Crippen LogP contribution in [0.5, 0.6) is 11.5 Å². The number of rotatable bonds is 1. The zero-order valence-corrected chi connectivity index (χ0v) is 15.8. The Labute approximate surface area is 165 Å². The first-order valence-electron chi connectivity index (χ1n) is 9.94. The minimum atomic E-state index is -0.330. The summed E-state index contributed by atoms with van der Waals surface area (Å²) in [5, 5.41) is 0. The molecule has 0 aromatic heterocycles. The molecule has 4 aromatic carbocycles. The highest BCUT2D eigenvalue weighted by Gasteiger charge is 2.50. The van der Waals surface area contributed by atoms with Crippen molar-refractivity contribution in [2.45, 2.75) is 18.8 Å². The number of hydrogen-bond donors (Lipinski definition) is 0. The molecule has 0 saturated heterocycles. The van der Waals surface area contributed by atoms with E-state index in [9.17, 15) is 0 Å². The van der Waals surface area contributed by atoms with Crippen molar-refractivity contribution in [2.75, 3.05) is 0 Å². The van der Waals surface area contributed by atoms with E-state index in [0.29, 0.717) is 0 Å². The van der Waals surface area contributed by atoms with E-state index in [2.05, 4.69) is 97.9 Å². The predicted molar refractivity (Wildman–Crippen MR) is 113 cm³/mol. The van der Waals surface area contributed by atoms with Crippen molar-refractivity contribution in [1.29, 1.82) is 0 Å². The van der Waals surface area contributed by atoms with Crippen molar-refractivity contribution >= 4 is 0 Å². The third-order valence-electron chi connectivity index (χ3n) is 6.32. The normalized spacial score (nSPS) is 14.6. The van der Waals surface area contributed by atoms with E-state index in [4.69, 9.17) is 4.74 Å². The minimum absolute atomic E-state index is 0.330. The molecule has 1 spiro atoms. The van der Waals surface area contributed by atoms with Crippen LogP contribution >= 0.6 is 0 Å². The Hall–Kier alpha value is -3.32. The van der Waals surface area contributed by atoms with Gasteiger partial charge in [0.2, 0.25) is 0 Å². The molecule has 28 heavy (non-hydrogen) atoms. The van der Waals surface area contributed by atoms with Gasteiger partial charge < -0.3 is 4.74 Å². The van der Waals surface area contributed by atoms with E-state index >= 15 is 0 Å². The van der Waals surface area contributed by atoms with Gasteiger partial charge in [-0.25, -0.2) is 0 Å². The van der Waals surface area contributed by atoms with Gasteiger partial charge in [-0.15, -0.1) is 0 Å². The van der Waals surface area contributed by atoms with E-state index in [1.807, 2.05) is 0 Å². The lowest BCUT2D eigenvalue weighted by atomic mass is 9.66. The average Bonchev–Trinajstić information content (AvgIpc) is 3.05. The van der Waals surface area contributed by atoms with Crippen LogP contribution in [0.1, 0.15) is 34.7 Å². The predicted octanol–water partition coefficient (Wildman–Crippen LogP) is 6.72. The molecule has 1 nitrogen and oxygen atoms in total. The van der Waals surface area contributed by atoms with Gasteiger partial charge in [0.15, 0.2) is 0 Å². The molecule has 4 aromatic rings. The van der Waals surface area contributed by atoms with Gasteiger partial charge >= 0.3 is 0 Å². The number of hydrogen-bond acceptors (Lipinski definition) is 1. The van der Waals surface area contributed by atoms with Gasteiger partial charge in [0.1, 0.15) is 11.5 Å². The summed E-state index contributed by atoms with van der Waals surface area (Å²) < 4.78 is 6.44. The maximum Gasteiger partial charge on any atom is 0.132 e. The number of fused-ring (bicyclic) bond motifs is 9. The molecule has 0 fully saturated rings. The van der Waals surface area contributed by atoms with Gasteiger partial charge in [-0.1, -0.05) is 85.8 Å². The van der Waals surface area contributed by atoms with E-state index < -0.39 is 0 Å². The van der Waals surface area contributed by atoms with E-state index in [-0.39, 0.29) is 5.41 Å². The summed E-state index contributed by atoms with van der Waals surface area (Å²) in [6, 6.07) is 32.9. The standard InChI is InChI=1S/C27H20O/c1-2-18-15-16-24-26(17-18)28-25-14-8-7-13-23(25)27(24)21-11-5-3-9-19(21)20-10-4-6-12-22(20)27/h3-17H,2H2,1H3. The summed E-state index contributed by atoms with van der Waals surface area (Å²) in [5.74, 6) is 1.93. The first-order valence-corrected chi connectivity index (χ1v) is 9.94. The molecule has 0 radical (unpaired) electrons. The van der Waals surface area contributed by atoms with Gasteiger partial charge in [-0.2, -0.15) is 0 Å². The second kappa shape index (κ2) is 5.59. The lowest BCUT2D eigenvalue weighted by Crippen LogP contribution is -2.32. The Kier molecular flexibility index (Phi) is 3.14. The highest BCUT2D eigenvalue weighted by atomic mass is 16.5. The zero-order chi connectivity index (χ0) is 18.7. The fourth-order valence-corrected chi connectivity index (χ4v) is 5.13.